The van der Waals surface area contributed by atoms with Gasteiger partial charge in [0.15, 0.2) is 5.69 Å². The molecule has 0 atom stereocenters. The van der Waals surface area contributed by atoms with Gasteiger partial charge in [0.2, 0.25) is 0 Å². The number of carboxylic acid groups (broad SMARTS) is 1. The third-order valence-corrected chi connectivity index (χ3v) is 1.54. The minimum Gasteiger partial charge on any atom is -0.495 e. The van der Waals surface area contributed by atoms with E-state index < -0.39 is 5.97 Å². The summed E-state index contributed by atoms with van der Waals surface area (Å²) in [5, 5.41) is 8.61. The largest absolute Gasteiger partial charge is 0.495 e. The number of rotatable bonds is 2. The molecule has 1 aromatic rings. The van der Waals surface area contributed by atoms with Crippen molar-refractivity contribution >= 4 is 17.6 Å². The average molecular weight is 188 g/mol. The first-order valence-electron chi connectivity index (χ1n) is 3.08. The molecule has 0 unspecified atom stereocenters. The molecule has 0 saturated carbocycles. The molecule has 0 spiro atoms. The topological polar surface area (TPSA) is 59.4 Å². The number of halogens is 1. The maximum absolute atomic E-state index is 10.4. The van der Waals surface area contributed by atoms with E-state index in [1.165, 1.54) is 19.4 Å². The van der Waals surface area contributed by atoms with Gasteiger partial charge in [-0.15, -0.1) is 0 Å². The molecule has 1 rings (SSSR count). The summed E-state index contributed by atoms with van der Waals surface area (Å²) in [6.07, 6.45) is 1.30. The van der Waals surface area contributed by atoms with Crippen LogP contribution in [0.3, 0.4) is 0 Å². The molecule has 0 aliphatic rings. The van der Waals surface area contributed by atoms with Gasteiger partial charge in [0.1, 0.15) is 5.75 Å². The van der Waals surface area contributed by atoms with Gasteiger partial charge in [-0.3, -0.25) is 0 Å². The molecule has 0 aliphatic heterocycles. The van der Waals surface area contributed by atoms with Crippen LogP contribution >= 0.6 is 11.6 Å². The van der Waals surface area contributed by atoms with Gasteiger partial charge >= 0.3 is 5.97 Å². The molecule has 0 saturated heterocycles. The van der Waals surface area contributed by atoms with Gasteiger partial charge in [0, 0.05) is 6.07 Å². The second-order valence-corrected chi connectivity index (χ2v) is 2.42. The highest BCUT2D eigenvalue weighted by Gasteiger charge is 2.10. The summed E-state index contributed by atoms with van der Waals surface area (Å²) in [6.45, 7) is 0. The van der Waals surface area contributed by atoms with Crippen molar-refractivity contribution in [1.29, 1.82) is 0 Å². The van der Waals surface area contributed by atoms with Crippen LogP contribution in [0, 0.1) is 0 Å². The second kappa shape index (κ2) is 3.40. The van der Waals surface area contributed by atoms with Crippen LogP contribution < -0.4 is 4.74 Å². The monoisotopic (exact) mass is 187 g/mol. The Morgan fingerprint density at radius 2 is 2.42 bits per heavy atom. The van der Waals surface area contributed by atoms with Crippen LogP contribution in [-0.4, -0.2) is 23.2 Å². The van der Waals surface area contributed by atoms with Gasteiger partial charge in [-0.25, -0.2) is 9.78 Å². The zero-order valence-corrected chi connectivity index (χ0v) is 7.00. The van der Waals surface area contributed by atoms with Gasteiger partial charge in [-0.05, 0) is 0 Å². The first-order chi connectivity index (χ1) is 5.65. The van der Waals surface area contributed by atoms with Crippen LogP contribution in [0.2, 0.25) is 5.02 Å². The molecule has 12 heavy (non-hydrogen) atoms. The highest BCUT2D eigenvalue weighted by Crippen LogP contribution is 2.19. The quantitative estimate of drug-likeness (QED) is 0.761. The lowest BCUT2D eigenvalue weighted by Gasteiger charge is -2.00. The Morgan fingerprint density at radius 1 is 1.75 bits per heavy atom. The SMILES string of the molecule is COc1cnc(C(=O)O)c(Cl)c1. The van der Waals surface area contributed by atoms with Crippen molar-refractivity contribution in [1.82, 2.24) is 4.98 Å². The van der Waals surface area contributed by atoms with E-state index in [1.54, 1.807) is 0 Å². The van der Waals surface area contributed by atoms with E-state index in [-0.39, 0.29) is 10.7 Å². The Bertz CT molecular complexity index is 314. The van der Waals surface area contributed by atoms with Crippen LogP contribution in [0.15, 0.2) is 12.3 Å². The van der Waals surface area contributed by atoms with Crippen LogP contribution in [0.1, 0.15) is 10.5 Å². The molecule has 4 nitrogen and oxygen atoms in total. The number of carboxylic acids is 1. The van der Waals surface area contributed by atoms with Crippen molar-refractivity contribution in [2.45, 2.75) is 0 Å². The number of ether oxygens (including phenoxy) is 1. The van der Waals surface area contributed by atoms with E-state index >= 15 is 0 Å². The first-order valence-corrected chi connectivity index (χ1v) is 3.45. The van der Waals surface area contributed by atoms with Crippen molar-refractivity contribution in [2.24, 2.45) is 0 Å². The molecule has 5 heteroatoms. The van der Waals surface area contributed by atoms with Crippen LogP contribution in [0.4, 0.5) is 0 Å². The number of nitrogens with zero attached hydrogens (tertiary/aromatic N) is 1. The van der Waals surface area contributed by atoms with E-state index in [9.17, 15) is 4.79 Å². The lowest BCUT2D eigenvalue weighted by molar-refractivity contribution is 0.0690. The standard InChI is InChI=1S/C7H6ClNO3/c1-12-4-2-5(8)6(7(10)11)9-3-4/h2-3H,1H3,(H,10,11). The summed E-state index contributed by atoms with van der Waals surface area (Å²) >= 11 is 5.58. The van der Waals surface area contributed by atoms with Gasteiger partial charge < -0.3 is 9.84 Å². The smallest absolute Gasteiger partial charge is 0.356 e. The fourth-order valence-electron chi connectivity index (χ4n) is 0.689. The van der Waals surface area contributed by atoms with Gasteiger partial charge in [0.05, 0.1) is 18.3 Å². The molecular weight excluding hydrogens is 182 g/mol. The molecule has 1 heterocycles. The van der Waals surface area contributed by atoms with Gasteiger partial charge in [0.25, 0.3) is 0 Å². The van der Waals surface area contributed by atoms with E-state index in [1.807, 2.05) is 0 Å². The highest BCUT2D eigenvalue weighted by atomic mass is 35.5. The Kier molecular flexibility index (Phi) is 2.50. The average Bonchev–Trinajstić information content (AvgIpc) is 2.03. The summed E-state index contributed by atoms with van der Waals surface area (Å²) in [6, 6.07) is 1.40. The van der Waals surface area contributed by atoms with Crippen LogP contribution in [0.25, 0.3) is 0 Å². The van der Waals surface area contributed by atoms with E-state index in [0.29, 0.717) is 5.75 Å². The van der Waals surface area contributed by atoms with Crippen molar-refractivity contribution in [2.75, 3.05) is 7.11 Å². The fourth-order valence-corrected chi connectivity index (χ4v) is 0.927. The number of aromatic nitrogens is 1. The molecule has 0 fully saturated rings. The molecule has 0 amide bonds. The lowest BCUT2D eigenvalue weighted by Crippen LogP contribution is -2.01. The zero-order chi connectivity index (χ0) is 9.14. The third kappa shape index (κ3) is 1.65. The van der Waals surface area contributed by atoms with Crippen LogP contribution in [-0.2, 0) is 0 Å². The normalized spacial score (nSPS) is 9.50. The maximum Gasteiger partial charge on any atom is 0.356 e. The van der Waals surface area contributed by atoms with Crippen LogP contribution in [0.5, 0.6) is 5.75 Å². The third-order valence-electron chi connectivity index (χ3n) is 1.25. The Morgan fingerprint density at radius 3 is 2.83 bits per heavy atom. The van der Waals surface area contributed by atoms with Crippen molar-refractivity contribution < 1.29 is 14.6 Å². The lowest BCUT2D eigenvalue weighted by atomic mass is 10.3. The van der Waals surface area contributed by atoms with Crippen molar-refractivity contribution in [3.63, 3.8) is 0 Å². The molecular formula is C7H6ClNO3. The fraction of sp³-hybridized carbons (Fsp3) is 0.143. The number of methoxy groups -OCH3 is 1. The summed E-state index contributed by atoms with van der Waals surface area (Å²) in [5.41, 5.74) is -0.169. The molecule has 0 aliphatic carbocycles. The van der Waals surface area contributed by atoms with Gasteiger partial charge in [-0.1, -0.05) is 11.6 Å². The zero-order valence-electron chi connectivity index (χ0n) is 6.24. The molecule has 1 aromatic heterocycles. The summed E-state index contributed by atoms with van der Waals surface area (Å²) < 4.78 is 4.79. The Labute approximate surface area is 73.8 Å². The van der Waals surface area contributed by atoms with Crippen molar-refractivity contribution in [3.05, 3.63) is 23.0 Å². The minimum absolute atomic E-state index is 0.0712. The first kappa shape index (κ1) is 8.80. The Balaban J connectivity index is 3.12. The van der Waals surface area contributed by atoms with E-state index in [0.717, 1.165) is 0 Å². The number of pyridine rings is 1. The molecule has 0 aromatic carbocycles. The summed E-state index contributed by atoms with van der Waals surface area (Å²) in [4.78, 5) is 14.0. The van der Waals surface area contributed by atoms with Crippen molar-refractivity contribution in [3.8, 4) is 5.75 Å². The molecule has 0 radical (unpaired) electrons. The Hall–Kier alpha value is -1.29. The van der Waals surface area contributed by atoms with E-state index in [2.05, 4.69) is 4.98 Å². The van der Waals surface area contributed by atoms with E-state index in [4.69, 9.17) is 21.4 Å². The predicted octanol–water partition coefficient (Wildman–Crippen LogP) is 1.44. The molecule has 64 valence electrons. The summed E-state index contributed by atoms with van der Waals surface area (Å²) in [7, 11) is 1.45. The highest BCUT2D eigenvalue weighted by molar-refractivity contribution is 6.33. The maximum atomic E-state index is 10.4. The second-order valence-electron chi connectivity index (χ2n) is 2.01. The number of carbonyl (C=O) groups is 1. The summed E-state index contributed by atoms with van der Waals surface area (Å²) in [5.74, 6) is -0.715. The van der Waals surface area contributed by atoms with Gasteiger partial charge in [-0.2, -0.15) is 0 Å². The number of aromatic carboxylic acids is 1. The number of hydrogen-bond acceptors (Lipinski definition) is 3. The minimum atomic E-state index is -1.15. The molecule has 0 bridgehead atoms. The molecule has 1 N–H and O–H groups in total. The number of hydrogen-bond donors (Lipinski definition) is 1. The predicted molar refractivity (Wildman–Crippen MR) is 42.8 cm³/mol.